The lowest BCUT2D eigenvalue weighted by molar-refractivity contribution is -0.385. The van der Waals surface area contributed by atoms with Crippen LogP contribution in [0.15, 0.2) is 23.2 Å². The van der Waals surface area contributed by atoms with Crippen LogP contribution in [0.2, 0.25) is 0 Å². The Hall–Kier alpha value is -2.74. The van der Waals surface area contributed by atoms with Gasteiger partial charge in [0.15, 0.2) is 0 Å². The minimum absolute atomic E-state index is 0.217. The molecular weight excluding hydrogens is 356 g/mol. The van der Waals surface area contributed by atoms with Crippen molar-refractivity contribution < 1.29 is 19.6 Å². The van der Waals surface area contributed by atoms with E-state index in [4.69, 9.17) is 4.74 Å². The second kappa shape index (κ2) is 7.25. The fourth-order valence-electron chi connectivity index (χ4n) is 3.07. The van der Waals surface area contributed by atoms with Gasteiger partial charge in [-0.1, -0.05) is 13.0 Å². The third-order valence-electron chi connectivity index (χ3n) is 4.45. The predicted molar refractivity (Wildman–Crippen MR) is 98.9 cm³/mol. The summed E-state index contributed by atoms with van der Waals surface area (Å²) >= 11 is 1.43. The van der Waals surface area contributed by atoms with Crippen LogP contribution in [0, 0.1) is 16.0 Å². The Morgan fingerprint density at radius 1 is 1.50 bits per heavy atom. The fourth-order valence-corrected chi connectivity index (χ4v) is 4.41. The zero-order valence-electron chi connectivity index (χ0n) is 14.4. The van der Waals surface area contributed by atoms with E-state index in [2.05, 4.69) is 11.9 Å². The number of aliphatic imine (C=N–C) groups is 1. The first kappa shape index (κ1) is 18.1. The third-order valence-corrected chi connectivity index (χ3v) is 5.61. The Kier molecular flexibility index (Phi) is 5.03. The highest BCUT2D eigenvalue weighted by Crippen LogP contribution is 2.41. The predicted octanol–water partition coefficient (Wildman–Crippen LogP) is 4.02. The normalized spacial score (nSPS) is 16.5. The number of fused-ring (bicyclic) bond motifs is 1. The maximum atomic E-state index is 12.2. The van der Waals surface area contributed by atoms with Gasteiger partial charge in [-0.15, -0.1) is 11.3 Å². The SMILES string of the molecule is COC(=O)c1c(N=Cc2cccc([N+](=O)[O-])c2O)sc2c1CC[C@@H](C)C2. The van der Waals surface area contributed by atoms with Crippen LogP contribution in [-0.4, -0.2) is 29.3 Å². The Labute approximate surface area is 154 Å². The van der Waals surface area contributed by atoms with Gasteiger partial charge in [0.2, 0.25) is 5.75 Å². The highest BCUT2D eigenvalue weighted by Gasteiger charge is 2.28. The first-order valence-electron chi connectivity index (χ1n) is 8.15. The number of para-hydroxylation sites is 1. The number of benzene rings is 1. The van der Waals surface area contributed by atoms with Crippen molar-refractivity contribution in [3.05, 3.63) is 49.9 Å². The number of phenolic OH excluding ortho intramolecular Hbond substituents is 1. The standard InChI is InChI=1S/C18H18N2O5S/c1-10-6-7-12-14(8-10)26-17(15(12)18(22)25-2)19-9-11-4-3-5-13(16(11)21)20(23)24/h3-5,9-10,21H,6-8H2,1-2H3/t10-/m1/s1. The average Bonchev–Trinajstić information content (AvgIpc) is 2.97. The van der Waals surface area contributed by atoms with Crippen molar-refractivity contribution in [3.8, 4) is 5.75 Å². The number of nitrogens with zero attached hydrogens (tertiary/aromatic N) is 2. The summed E-state index contributed by atoms with van der Waals surface area (Å²) in [6.07, 6.45) is 4.04. The largest absolute Gasteiger partial charge is 0.502 e. The minimum atomic E-state index is -0.655. The summed E-state index contributed by atoms with van der Waals surface area (Å²) in [6.45, 7) is 2.17. The van der Waals surface area contributed by atoms with Crippen LogP contribution < -0.4 is 0 Å². The van der Waals surface area contributed by atoms with Gasteiger partial charge in [0.25, 0.3) is 0 Å². The van der Waals surface area contributed by atoms with Crippen molar-refractivity contribution in [1.82, 2.24) is 0 Å². The zero-order valence-corrected chi connectivity index (χ0v) is 15.2. The van der Waals surface area contributed by atoms with E-state index in [9.17, 15) is 20.0 Å². The van der Waals surface area contributed by atoms with E-state index in [1.807, 2.05) is 0 Å². The summed E-state index contributed by atoms with van der Waals surface area (Å²) in [6, 6.07) is 4.22. The molecule has 1 aliphatic carbocycles. The Balaban J connectivity index is 2.03. The van der Waals surface area contributed by atoms with Crippen LogP contribution in [-0.2, 0) is 17.6 Å². The molecule has 26 heavy (non-hydrogen) atoms. The minimum Gasteiger partial charge on any atom is -0.502 e. The van der Waals surface area contributed by atoms with Crippen molar-refractivity contribution in [2.24, 2.45) is 10.9 Å². The Morgan fingerprint density at radius 3 is 2.96 bits per heavy atom. The van der Waals surface area contributed by atoms with Gasteiger partial charge in [-0.25, -0.2) is 9.79 Å². The van der Waals surface area contributed by atoms with E-state index in [1.54, 1.807) is 0 Å². The molecular formula is C18H18N2O5S. The van der Waals surface area contributed by atoms with Gasteiger partial charge in [0, 0.05) is 22.7 Å². The van der Waals surface area contributed by atoms with Gasteiger partial charge in [-0.05, 0) is 36.8 Å². The van der Waals surface area contributed by atoms with Gasteiger partial charge in [0.05, 0.1) is 17.6 Å². The number of carbonyl (C=O) groups is 1. The molecule has 7 nitrogen and oxygen atoms in total. The number of esters is 1. The number of nitro groups is 1. The highest BCUT2D eigenvalue weighted by atomic mass is 32.1. The molecule has 1 aromatic carbocycles. The first-order valence-corrected chi connectivity index (χ1v) is 8.97. The summed E-state index contributed by atoms with van der Waals surface area (Å²) in [7, 11) is 1.33. The van der Waals surface area contributed by atoms with Crippen LogP contribution >= 0.6 is 11.3 Å². The number of ether oxygens (including phenoxy) is 1. The van der Waals surface area contributed by atoms with Crippen LogP contribution in [0.25, 0.3) is 0 Å². The summed E-state index contributed by atoms with van der Waals surface area (Å²) in [4.78, 5) is 28.0. The second-order valence-corrected chi connectivity index (χ2v) is 7.34. The molecule has 0 bridgehead atoms. The molecule has 3 rings (SSSR count). The number of aromatic hydroxyl groups is 1. The molecule has 0 amide bonds. The van der Waals surface area contributed by atoms with Gasteiger partial charge < -0.3 is 9.84 Å². The summed E-state index contributed by atoms with van der Waals surface area (Å²) in [5, 5.41) is 21.5. The molecule has 1 N–H and O–H groups in total. The molecule has 0 radical (unpaired) electrons. The molecule has 8 heteroatoms. The van der Waals surface area contributed by atoms with E-state index < -0.39 is 16.6 Å². The molecule has 0 aliphatic heterocycles. The topological polar surface area (TPSA) is 102 Å². The number of hydrogen-bond donors (Lipinski definition) is 1. The van der Waals surface area contributed by atoms with Gasteiger partial charge in [0.1, 0.15) is 5.00 Å². The molecule has 0 unspecified atom stereocenters. The van der Waals surface area contributed by atoms with Crippen LogP contribution in [0.4, 0.5) is 10.7 Å². The molecule has 1 heterocycles. The second-order valence-electron chi connectivity index (χ2n) is 6.25. The van der Waals surface area contributed by atoms with Crippen LogP contribution in [0.1, 0.15) is 39.7 Å². The lowest BCUT2D eigenvalue weighted by Crippen LogP contribution is -2.12. The number of methoxy groups -OCH3 is 1. The molecule has 136 valence electrons. The summed E-state index contributed by atoms with van der Waals surface area (Å²) in [5.41, 5.74) is 1.27. The monoisotopic (exact) mass is 374 g/mol. The molecule has 0 spiro atoms. The molecule has 0 saturated heterocycles. The van der Waals surface area contributed by atoms with Crippen molar-refractivity contribution in [3.63, 3.8) is 0 Å². The van der Waals surface area contributed by atoms with E-state index >= 15 is 0 Å². The lowest BCUT2D eigenvalue weighted by atomic mass is 9.88. The van der Waals surface area contributed by atoms with Gasteiger partial charge in [-0.3, -0.25) is 10.1 Å². The molecule has 2 aromatic rings. The Bertz CT molecular complexity index is 903. The summed E-state index contributed by atoms with van der Waals surface area (Å²) < 4.78 is 4.91. The van der Waals surface area contributed by atoms with Gasteiger partial charge in [-0.2, -0.15) is 0 Å². The lowest BCUT2D eigenvalue weighted by Gasteiger charge is -2.18. The number of rotatable bonds is 4. The average molecular weight is 374 g/mol. The number of thiophene rings is 1. The van der Waals surface area contributed by atoms with Crippen molar-refractivity contribution in [1.29, 1.82) is 0 Å². The Morgan fingerprint density at radius 2 is 2.27 bits per heavy atom. The maximum Gasteiger partial charge on any atom is 0.341 e. The van der Waals surface area contributed by atoms with Crippen molar-refractivity contribution >= 4 is 34.2 Å². The van der Waals surface area contributed by atoms with Gasteiger partial charge >= 0.3 is 11.7 Å². The van der Waals surface area contributed by atoms with Crippen molar-refractivity contribution in [2.75, 3.05) is 7.11 Å². The summed E-state index contributed by atoms with van der Waals surface area (Å²) in [5.74, 6) is -0.340. The zero-order chi connectivity index (χ0) is 18.8. The number of nitro benzene ring substituents is 1. The molecule has 1 aliphatic rings. The van der Waals surface area contributed by atoms with E-state index in [0.717, 1.165) is 29.7 Å². The number of phenols is 1. The first-order chi connectivity index (χ1) is 12.4. The van der Waals surface area contributed by atoms with Crippen LogP contribution in [0.5, 0.6) is 5.75 Å². The van der Waals surface area contributed by atoms with Crippen molar-refractivity contribution in [2.45, 2.75) is 26.2 Å². The third kappa shape index (κ3) is 3.32. The number of carbonyl (C=O) groups excluding carboxylic acids is 1. The van der Waals surface area contributed by atoms with E-state index in [1.165, 1.54) is 42.9 Å². The van der Waals surface area contributed by atoms with E-state index in [0.29, 0.717) is 16.5 Å². The van der Waals surface area contributed by atoms with E-state index in [-0.39, 0.29) is 11.3 Å². The smallest absolute Gasteiger partial charge is 0.341 e. The molecule has 1 atom stereocenters. The molecule has 0 saturated carbocycles. The quantitative estimate of drug-likeness (QED) is 0.377. The van der Waals surface area contributed by atoms with Crippen LogP contribution in [0.3, 0.4) is 0 Å². The maximum absolute atomic E-state index is 12.2. The molecule has 0 fully saturated rings. The molecule has 1 aromatic heterocycles. The highest BCUT2D eigenvalue weighted by molar-refractivity contribution is 7.16. The fraction of sp³-hybridized carbons (Fsp3) is 0.333. The number of hydrogen-bond acceptors (Lipinski definition) is 7.